The van der Waals surface area contributed by atoms with Crippen LogP contribution in [0.5, 0.6) is 0 Å². The van der Waals surface area contributed by atoms with E-state index in [9.17, 15) is 14.4 Å². The summed E-state index contributed by atoms with van der Waals surface area (Å²) in [7, 11) is 0. The van der Waals surface area contributed by atoms with E-state index in [1.165, 1.54) is 0 Å². The van der Waals surface area contributed by atoms with E-state index >= 15 is 0 Å². The highest BCUT2D eigenvalue weighted by molar-refractivity contribution is 5.81. The first-order chi connectivity index (χ1) is 12.6. The van der Waals surface area contributed by atoms with E-state index in [0.717, 1.165) is 25.3 Å². The Morgan fingerprint density at radius 3 is 1.77 bits per heavy atom. The number of aliphatic hydroxyl groups is 1. The molecule has 8 heteroatoms. The monoisotopic (exact) mass is 374 g/mol. The Kier molecular flexibility index (Phi) is 20.8. The molecular formula is C18H30O8. The Morgan fingerprint density at radius 1 is 0.731 bits per heavy atom. The van der Waals surface area contributed by atoms with Crippen LogP contribution < -0.4 is 0 Å². The van der Waals surface area contributed by atoms with Gasteiger partial charge in [0.2, 0.25) is 0 Å². The van der Waals surface area contributed by atoms with E-state index in [0.29, 0.717) is 32.3 Å². The molecular weight excluding hydrogens is 344 g/mol. The minimum absolute atomic E-state index is 0.0187. The van der Waals surface area contributed by atoms with Gasteiger partial charge < -0.3 is 24.1 Å². The minimum atomic E-state index is -0.547. The molecule has 150 valence electrons. The van der Waals surface area contributed by atoms with Crippen LogP contribution in [-0.2, 0) is 33.4 Å². The molecule has 0 bridgehead atoms. The van der Waals surface area contributed by atoms with Crippen molar-refractivity contribution in [2.24, 2.45) is 0 Å². The van der Waals surface area contributed by atoms with E-state index in [1.807, 2.05) is 6.79 Å². The molecule has 26 heavy (non-hydrogen) atoms. The molecule has 1 N–H and O–H groups in total. The van der Waals surface area contributed by atoms with E-state index in [2.05, 4.69) is 11.3 Å². The second kappa shape index (κ2) is 20.8. The number of rotatable bonds is 15. The van der Waals surface area contributed by atoms with Crippen molar-refractivity contribution >= 4 is 24.7 Å². The second-order valence-electron chi connectivity index (χ2n) is 5.16. The standard InChI is InChI=1S/C17H28O7.CH2O/c1-2-15(19)23-13-14-24-17(21)10-6-4-8-12-22-16(20)9-5-3-7-11-18;1-2/h2,18H,1,3-14H2;1H2. The fraction of sp³-hybridized carbons (Fsp3) is 0.667. The Balaban J connectivity index is 0. The first kappa shape index (κ1) is 26.0. The van der Waals surface area contributed by atoms with Crippen LogP contribution in [0.15, 0.2) is 12.7 Å². The average Bonchev–Trinajstić information content (AvgIpc) is 2.66. The average molecular weight is 374 g/mol. The normalized spacial score (nSPS) is 9.42. The molecule has 0 heterocycles. The first-order valence-corrected chi connectivity index (χ1v) is 8.60. The van der Waals surface area contributed by atoms with Crippen molar-refractivity contribution in [2.75, 3.05) is 26.4 Å². The third kappa shape index (κ3) is 19.8. The Labute approximate surface area is 154 Å². The van der Waals surface area contributed by atoms with Crippen molar-refractivity contribution in [1.29, 1.82) is 0 Å². The van der Waals surface area contributed by atoms with Gasteiger partial charge in [0.05, 0.1) is 6.61 Å². The molecule has 0 saturated carbocycles. The maximum absolute atomic E-state index is 11.4. The molecule has 0 fully saturated rings. The summed E-state index contributed by atoms with van der Waals surface area (Å²) in [4.78, 5) is 41.5. The van der Waals surface area contributed by atoms with E-state index < -0.39 is 5.97 Å². The highest BCUT2D eigenvalue weighted by atomic mass is 16.6. The molecule has 0 aliphatic heterocycles. The van der Waals surface area contributed by atoms with E-state index in [-0.39, 0.29) is 38.2 Å². The van der Waals surface area contributed by atoms with Gasteiger partial charge in [-0.25, -0.2) is 4.79 Å². The molecule has 0 aromatic carbocycles. The summed E-state index contributed by atoms with van der Waals surface area (Å²) in [6, 6.07) is 0. The molecule has 0 aliphatic carbocycles. The van der Waals surface area contributed by atoms with Gasteiger partial charge in [-0.1, -0.05) is 13.0 Å². The number of ether oxygens (including phenoxy) is 3. The number of carbonyl (C=O) groups is 4. The van der Waals surface area contributed by atoms with Crippen LogP contribution in [0.1, 0.15) is 51.4 Å². The van der Waals surface area contributed by atoms with Gasteiger partial charge >= 0.3 is 17.9 Å². The zero-order valence-corrected chi connectivity index (χ0v) is 15.3. The second-order valence-corrected chi connectivity index (χ2v) is 5.16. The summed E-state index contributed by atoms with van der Waals surface area (Å²) in [6.45, 7) is 5.81. The summed E-state index contributed by atoms with van der Waals surface area (Å²) in [5.41, 5.74) is 0. The van der Waals surface area contributed by atoms with Gasteiger partial charge in [-0.3, -0.25) is 9.59 Å². The van der Waals surface area contributed by atoms with Crippen LogP contribution in [-0.4, -0.2) is 56.2 Å². The Bertz CT molecular complexity index is 395. The summed E-state index contributed by atoms with van der Waals surface area (Å²) >= 11 is 0. The molecule has 8 nitrogen and oxygen atoms in total. The maximum atomic E-state index is 11.4. The van der Waals surface area contributed by atoms with Crippen molar-refractivity contribution in [3.8, 4) is 0 Å². The van der Waals surface area contributed by atoms with Gasteiger partial charge in [-0.15, -0.1) is 0 Å². The van der Waals surface area contributed by atoms with Crippen LogP contribution >= 0.6 is 0 Å². The van der Waals surface area contributed by atoms with Crippen LogP contribution in [0.3, 0.4) is 0 Å². The van der Waals surface area contributed by atoms with Crippen molar-refractivity contribution < 1.29 is 38.5 Å². The van der Waals surface area contributed by atoms with Gasteiger partial charge in [0.25, 0.3) is 0 Å². The molecule has 0 amide bonds. The molecule has 0 rings (SSSR count). The van der Waals surface area contributed by atoms with Crippen molar-refractivity contribution in [2.45, 2.75) is 51.4 Å². The minimum Gasteiger partial charge on any atom is -0.466 e. The Hall–Kier alpha value is -2.22. The SMILES string of the molecule is C=CC(=O)OCCOC(=O)CCCCCOC(=O)CCCCCO.C=O. The third-order valence-corrected chi connectivity index (χ3v) is 3.08. The van der Waals surface area contributed by atoms with Crippen molar-refractivity contribution in [3.05, 3.63) is 12.7 Å². The summed E-state index contributed by atoms with van der Waals surface area (Å²) in [6.07, 6.45) is 6.08. The predicted molar refractivity (Wildman–Crippen MR) is 94.2 cm³/mol. The number of esters is 3. The van der Waals surface area contributed by atoms with Crippen LogP contribution in [0.25, 0.3) is 0 Å². The summed E-state index contributed by atoms with van der Waals surface area (Å²) < 4.78 is 14.6. The highest BCUT2D eigenvalue weighted by Gasteiger charge is 2.05. The Morgan fingerprint density at radius 2 is 1.23 bits per heavy atom. The van der Waals surface area contributed by atoms with Gasteiger partial charge in [0, 0.05) is 25.5 Å². The highest BCUT2D eigenvalue weighted by Crippen LogP contribution is 2.04. The lowest BCUT2D eigenvalue weighted by Crippen LogP contribution is -2.12. The fourth-order valence-electron chi connectivity index (χ4n) is 1.79. The topological polar surface area (TPSA) is 116 Å². The molecule has 0 saturated heterocycles. The zero-order chi connectivity index (χ0) is 20.0. The van der Waals surface area contributed by atoms with Gasteiger partial charge in [0.1, 0.15) is 20.0 Å². The lowest BCUT2D eigenvalue weighted by molar-refractivity contribution is -0.149. The number of carbonyl (C=O) groups excluding carboxylic acids is 4. The van der Waals surface area contributed by atoms with Crippen LogP contribution in [0.2, 0.25) is 0 Å². The van der Waals surface area contributed by atoms with Gasteiger partial charge in [-0.05, 0) is 32.1 Å². The predicted octanol–water partition coefficient (Wildman–Crippen LogP) is 1.73. The quantitative estimate of drug-likeness (QED) is 0.199. The molecule has 0 unspecified atom stereocenters. The van der Waals surface area contributed by atoms with E-state index in [4.69, 9.17) is 19.4 Å². The molecule has 0 aromatic heterocycles. The number of aliphatic hydroxyl groups excluding tert-OH is 1. The molecule has 0 radical (unpaired) electrons. The number of unbranched alkanes of at least 4 members (excludes halogenated alkanes) is 4. The van der Waals surface area contributed by atoms with Crippen molar-refractivity contribution in [1.82, 2.24) is 0 Å². The third-order valence-electron chi connectivity index (χ3n) is 3.08. The first-order valence-electron chi connectivity index (χ1n) is 8.60. The summed E-state index contributed by atoms with van der Waals surface area (Å²) in [5.74, 6) is -1.11. The van der Waals surface area contributed by atoms with E-state index in [1.54, 1.807) is 0 Å². The van der Waals surface area contributed by atoms with Gasteiger partial charge in [-0.2, -0.15) is 0 Å². The smallest absolute Gasteiger partial charge is 0.330 e. The summed E-state index contributed by atoms with van der Waals surface area (Å²) in [5, 5.41) is 8.61. The van der Waals surface area contributed by atoms with Crippen LogP contribution in [0, 0.1) is 0 Å². The van der Waals surface area contributed by atoms with Crippen LogP contribution in [0.4, 0.5) is 0 Å². The molecule has 0 aromatic rings. The number of hydrogen-bond donors (Lipinski definition) is 1. The zero-order valence-electron chi connectivity index (χ0n) is 15.3. The largest absolute Gasteiger partial charge is 0.466 e. The molecule has 0 aliphatic rings. The van der Waals surface area contributed by atoms with Gasteiger partial charge in [0.15, 0.2) is 0 Å². The molecule has 0 atom stereocenters. The lowest BCUT2D eigenvalue weighted by atomic mass is 10.2. The number of hydrogen-bond acceptors (Lipinski definition) is 8. The molecule has 0 spiro atoms. The lowest BCUT2D eigenvalue weighted by Gasteiger charge is -2.06. The van der Waals surface area contributed by atoms with Crippen molar-refractivity contribution in [3.63, 3.8) is 0 Å². The fourth-order valence-corrected chi connectivity index (χ4v) is 1.79. The maximum Gasteiger partial charge on any atom is 0.330 e.